The average molecular weight is 271 g/mol. The number of hydrogen-bond acceptors (Lipinski definition) is 1. The van der Waals surface area contributed by atoms with Gasteiger partial charge < -0.3 is 5.32 Å². The molecule has 0 amide bonds. The lowest BCUT2D eigenvalue weighted by molar-refractivity contribution is -0.137. The number of fused-ring (bicyclic) bond motifs is 1. The van der Waals surface area contributed by atoms with Crippen LogP contribution in [0.15, 0.2) is 18.2 Å². The zero-order chi connectivity index (χ0) is 14.2. The number of benzene rings is 1. The lowest BCUT2D eigenvalue weighted by Crippen LogP contribution is -2.14. The van der Waals surface area contributed by atoms with Gasteiger partial charge in [0.15, 0.2) is 0 Å². The number of alkyl halides is 3. The van der Waals surface area contributed by atoms with Crippen LogP contribution in [-0.2, 0) is 6.18 Å². The lowest BCUT2D eigenvalue weighted by Gasteiger charge is -2.21. The Hall–Kier alpha value is -1.19. The number of rotatable bonds is 3. The molecule has 0 aliphatic carbocycles. The molecule has 19 heavy (non-hydrogen) atoms. The fourth-order valence-electron chi connectivity index (χ4n) is 2.95. The minimum absolute atomic E-state index is 0.180. The topological polar surface area (TPSA) is 12.0 Å². The van der Waals surface area contributed by atoms with Gasteiger partial charge in [-0.3, -0.25) is 0 Å². The molecule has 0 bridgehead atoms. The Kier molecular flexibility index (Phi) is 3.79. The van der Waals surface area contributed by atoms with Crippen molar-refractivity contribution in [2.24, 2.45) is 11.8 Å². The van der Waals surface area contributed by atoms with Gasteiger partial charge in [0.2, 0.25) is 0 Å². The van der Waals surface area contributed by atoms with E-state index in [1.165, 1.54) is 6.07 Å². The Morgan fingerprint density at radius 2 is 1.95 bits per heavy atom. The van der Waals surface area contributed by atoms with Gasteiger partial charge >= 0.3 is 6.18 Å². The molecule has 1 N–H and O–H groups in total. The van der Waals surface area contributed by atoms with E-state index in [9.17, 15) is 13.2 Å². The summed E-state index contributed by atoms with van der Waals surface area (Å²) in [7, 11) is 0. The van der Waals surface area contributed by atoms with E-state index in [0.29, 0.717) is 11.8 Å². The molecule has 1 aromatic carbocycles. The molecular formula is C15H20F3N. The second-order valence-electron chi connectivity index (χ2n) is 5.89. The quantitative estimate of drug-likeness (QED) is 0.824. The normalized spacial score (nSPS) is 20.3. The van der Waals surface area contributed by atoms with Crippen molar-refractivity contribution in [3.63, 3.8) is 0 Å². The molecule has 1 aliphatic rings. The summed E-state index contributed by atoms with van der Waals surface area (Å²) in [5.41, 5.74) is 1.13. The largest absolute Gasteiger partial charge is 0.416 e. The second kappa shape index (κ2) is 5.06. The van der Waals surface area contributed by atoms with E-state index in [4.69, 9.17) is 0 Å². The zero-order valence-electron chi connectivity index (χ0n) is 11.5. The molecular weight excluding hydrogens is 251 g/mol. The highest BCUT2D eigenvalue weighted by Crippen LogP contribution is 2.41. The molecule has 2 atom stereocenters. The van der Waals surface area contributed by atoms with Crippen molar-refractivity contribution in [3.05, 3.63) is 29.3 Å². The summed E-state index contributed by atoms with van der Waals surface area (Å²) in [5, 5.41) is 3.22. The van der Waals surface area contributed by atoms with Crippen molar-refractivity contribution in [3.8, 4) is 0 Å². The summed E-state index contributed by atoms with van der Waals surface area (Å²) in [4.78, 5) is 0. The van der Waals surface area contributed by atoms with E-state index in [2.05, 4.69) is 26.1 Å². The van der Waals surface area contributed by atoms with Crippen LogP contribution in [0.2, 0.25) is 0 Å². The van der Waals surface area contributed by atoms with Gasteiger partial charge in [0, 0.05) is 18.2 Å². The zero-order valence-corrected chi connectivity index (χ0v) is 11.5. The first kappa shape index (κ1) is 14.2. The van der Waals surface area contributed by atoms with Gasteiger partial charge in [0.25, 0.3) is 0 Å². The molecule has 1 aliphatic heterocycles. The highest BCUT2D eigenvalue weighted by Gasteiger charge is 2.34. The molecule has 0 aromatic heterocycles. The predicted molar refractivity (Wildman–Crippen MR) is 71.3 cm³/mol. The van der Waals surface area contributed by atoms with E-state index in [0.717, 1.165) is 30.3 Å². The summed E-state index contributed by atoms with van der Waals surface area (Å²) < 4.78 is 38.3. The summed E-state index contributed by atoms with van der Waals surface area (Å²) in [6.07, 6.45) is -3.23. The Labute approximate surface area is 112 Å². The van der Waals surface area contributed by atoms with E-state index < -0.39 is 11.7 Å². The van der Waals surface area contributed by atoms with Gasteiger partial charge in [-0.1, -0.05) is 20.8 Å². The molecule has 0 fully saturated rings. The van der Waals surface area contributed by atoms with Gasteiger partial charge in [-0.05, 0) is 42.0 Å². The first-order chi connectivity index (χ1) is 8.79. The monoisotopic (exact) mass is 271 g/mol. The summed E-state index contributed by atoms with van der Waals surface area (Å²) in [6, 6.07) is 4.03. The van der Waals surface area contributed by atoms with Crippen LogP contribution >= 0.6 is 0 Å². The highest BCUT2D eigenvalue weighted by atomic mass is 19.4. The van der Waals surface area contributed by atoms with E-state index in [1.54, 1.807) is 6.07 Å². The predicted octanol–water partition coefficient (Wildman–Crippen LogP) is 4.90. The third-order valence-electron chi connectivity index (χ3n) is 3.82. The van der Waals surface area contributed by atoms with Crippen LogP contribution in [0.1, 0.15) is 44.2 Å². The molecule has 106 valence electrons. The highest BCUT2D eigenvalue weighted by molar-refractivity contribution is 5.59. The summed E-state index contributed by atoms with van der Waals surface area (Å²) in [5.74, 6) is 1.13. The Balaban J connectivity index is 2.27. The molecule has 4 heteroatoms. The Morgan fingerprint density at radius 1 is 1.26 bits per heavy atom. The van der Waals surface area contributed by atoms with Crippen LogP contribution < -0.4 is 5.32 Å². The van der Waals surface area contributed by atoms with E-state index in [1.807, 2.05) is 0 Å². The molecule has 0 spiro atoms. The van der Waals surface area contributed by atoms with Crippen LogP contribution in [0.5, 0.6) is 0 Å². The first-order valence-corrected chi connectivity index (χ1v) is 6.74. The molecule has 2 unspecified atom stereocenters. The first-order valence-electron chi connectivity index (χ1n) is 6.74. The van der Waals surface area contributed by atoms with Crippen LogP contribution in [0.3, 0.4) is 0 Å². The maximum absolute atomic E-state index is 12.8. The molecule has 2 rings (SSSR count). The van der Waals surface area contributed by atoms with Gasteiger partial charge in [-0.25, -0.2) is 0 Å². The molecule has 1 nitrogen and oxygen atoms in total. The van der Waals surface area contributed by atoms with Crippen molar-refractivity contribution in [1.82, 2.24) is 0 Å². The summed E-state index contributed by atoms with van der Waals surface area (Å²) >= 11 is 0. The van der Waals surface area contributed by atoms with E-state index >= 15 is 0 Å². The molecule has 0 saturated heterocycles. The average Bonchev–Trinajstić information content (AvgIpc) is 2.69. The Bertz CT molecular complexity index is 451. The lowest BCUT2D eigenvalue weighted by atomic mass is 9.83. The van der Waals surface area contributed by atoms with Crippen LogP contribution in [0.4, 0.5) is 18.9 Å². The van der Waals surface area contributed by atoms with Crippen LogP contribution in [0.25, 0.3) is 0 Å². The van der Waals surface area contributed by atoms with Crippen molar-refractivity contribution in [2.75, 3.05) is 11.9 Å². The van der Waals surface area contributed by atoms with Gasteiger partial charge in [0.1, 0.15) is 0 Å². The molecule has 1 heterocycles. The van der Waals surface area contributed by atoms with Crippen molar-refractivity contribution in [1.29, 1.82) is 0 Å². The maximum Gasteiger partial charge on any atom is 0.416 e. The van der Waals surface area contributed by atoms with Gasteiger partial charge in [0.05, 0.1) is 5.56 Å². The number of nitrogens with one attached hydrogen (secondary N) is 1. The van der Waals surface area contributed by atoms with Gasteiger partial charge in [-0.15, -0.1) is 0 Å². The molecule has 0 radical (unpaired) electrons. The van der Waals surface area contributed by atoms with Crippen LogP contribution in [0, 0.1) is 11.8 Å². The third-order valence-corrected chi connectivity index (χ3v) is 3.82. The van der Waals surface area contributed by atoms with Crippen molar-refractivity contribution in [2.45, 2.75) is 39.3 Å². The SMILES string of the molecule is CC(C)CC(C)C1CNc2ccc(C(F)(F)F)cc21. The fraction of sp³-hybridized carbons (Fsp3) is 0.600. The fourth-order valence-corrected chi connectivity index (χ4v) is 2.95. The molecule has 0 saturated carbocycles. The number of halogens is 3. The summed E-state index contributed by atoms with van der Waals surface area (Å²) in [6.45, 7) is 7.16. The van der Waals surface area contributed by atoms with E-state index in [-0.39, 0.29) is 5.92 Å². The Morgan fingerprint density at radius 3 is 2.53 bits per heavy atom. The number of hydrogen-bond donors (Lipinski definition) is 1. The standard InChI is InChI=1S/C15H20F3N/c1-9(2)6-10(3)13-8-19-14-5-4-11(7-12(13)14)15(16,17)18/h4-5,7,9-10,13,19H,6,8H2,1-3H3. The minimum Gasteiger partial charge on any atom is -0.384 e. The van der Waals surface area contributed by atoms with Crippen LogP contribution in [-0.4, -0.2) is 6.54 Å². The number of anilines is 1. The minimum atomic E-state index is -4.26. The third kappa shape index (κ3) is 3.04. The van der Waals surface area contributed by atoms with Crippen molar-refractivity contribution < 1.29 is 13.2 Å². The maximum atomic E-state index is 12.8. The molecule has 1 aromatic rings. The second-order valence-corrected chi connectivity index (χ2v) is 5.89. The van der Waals surface area contributed by atoms with Gasteiger partial charge in [-0.2, -0.15) is 13.2 Å². The smallest absolute Gasteiger partial charge is 0.384 e. The van der Waals surface area contributed by atoms with Crippen molar-refractivity contribution >= 4 is 5.69 Å².